The Morgan fingerprint density at radius 1 is 1.83 bits per heavy atom. The minimum Gasteiger partial charge on any atom is -0.413 e. The molecule has 0 aliphatic heterocycles. The number of hydrogen-bond acceptors (Lipinski definition) is 4. The van der Waals surface area contributed by atoms with Crippen LogP contribution >= 0.6 is 27.3 Å². The highest BCUT2D eigenvalue weighted by Crippen LogP contribution is 2.36. The van der Waals surface area contributed by atoms with Gasteiger partial charge in [0.05, 0.1) is 4.47 Å². The molecular weight excluding hydrogens is 242 g/mol. The number of nitrogens with two attached hydrogens (primary N) is 1. The first-order chi connectivity index (χ1) is 5.65. The predicted molar refractivity (Wildman–Crippen MR) is 52.4 cm³/mol. The minimum atomic E-state index is -0.268. The summed E-state index contributed by atoms with van der Waals surface area (Å²) in [6.45, 7) is 1.74. The number of carbonyl (C=O) groups excluding carboxylic acids is 1. The van der Waals surface area contributed by atoms with E-state index in [1.165, 1.54) is 11.3 Å². The van der Waals surface area contributed by atoms with Crippen molar-refractivity contribution in [2.24, 2.45) is 0 Å². The maximum Gasteiger partial charge on any atom is 0.311 e. The third-order valence-corrected chi connectivity index (χ3v) is 3.07. The van der Waals surface area contributed by atoms with Crippen molar-refractivity contribution in [2.45, 2.75) is 13.3 Å². The Bertz CT molecular complexity index is 298. The quantitative estimate of drug-likeness (QED) is 0.820. The summed E-state index contributed by atoms with van der Waals surface area (Å²) in [4.78, 5) is 10.9. The van der Waals surface area contributed by atoms with E-state index in [4.69, 9.17) is 10.5 Å². The van der Waals surface area contributed by atoms with Crippen LogP contribution in [0.3, 0.4) is 0 Å². The molecule has 0 aliphatic carbocycles. The normalized spacial score (nSPS) is 9.83. The van der Waals surface area contributed by atoms with Gasteiger partial charge in [-0.05, 0) is 15.9 Å². The Hall–Kier alpha value is -0.550. The number of hydrogen-bond donors (Lipinski definition) is 1. The number of esters is 1. The van der Waals surface area contributed by atoms with E-state index < -0.39 is 0 Å². The fraction of sp³-hybridized carbons (Fsp3) is 0.286. The van der Waals surface area contributed by atoms with Gasteiger partial charge in [-0.15, -0.1) is 11.3 Å². The van der Waals surface area contributed by atoms with Crippen molar-refractivity contribution < 1.29 is 9.53 Å². The van der Waals surface area contributed by atoms with E-state index in [1.807, 2.05) is 0 Å². The number of halogens is 1. The topological polar surface area (TPSA) is 52.3 Å². The Kier molecular flexibility index (Phi) is 3.11. The Labute approximate surface area is 82.6 Å². The molecule has 12 heavy (non-hydrogen) atoms. The molecule has 1 heterocycles. The number of nitrogen functional groups attached to an aromatic ring is 1. The van der Waals surface area contributed by atoms with Gasteiger partial charge in [0.25, 0.3) is 0 Å². The first-order valence-corrected chi connectivity index (χ1v) is 5.05. The molecule has 0 radical (unpaired) electrons. The number of carbonyl (C=O) groups is 1. The standard InChI is InChI=1S/C7H8BrNO2S/c1-2-5(10)11-7-6(9)4(8)3-12-7/h3H,2,9H2,1H3. The molecule has 5 heteroatoms. The van der Waals surface area contributed by atoms with Gasteiger partial charge in [-0.1, -0.05) is 6.92 Å². The fourth-order valence-corrected chi connectivity index (χ4v) is 1.89. The highest BCUT2D eigenvalue weighted by atomic mass is 79.9. The maximum atomic E-state index is 10.9. The van der Waals surface area contributed by atoms with Gasteiger partial charge in [0.1, 0.15) is 5.69 Å². The van der Waals surface area contributed by atoms with Crippen LogP contribution in [-0.4, -0.2) is 5.97 Å². The lowest BCUT2D eigenvalue weighted by Gasteiger charge is -1.99. The number of anilines is 1. The predicted octanol–water partition coefficient (Wildman–Crippen LogP) is 2.41. The average Bonchev–Trinajstić information content (AvgIpc) is 2.36. The zero-order chi connectivity index (χ0) is 9.14. The summed E-state index contributed by atoms with van der Waals surface area (Å²) in [5.74, 6) is -0.268. The average molecular weight is 250 g/mol. The van der Waals surface area contributed by atoms with Crippen LogP contribution in [-0.2, 0) is 4.79 Å². The molecule has 0 spiro atoms. The van der Waals surface area contributed by atoms with Gasteiger partial charge in [-0.3, -0.25) is 4.79 Å². The van der Waals surface area contributed by atoms with Crippen LogP contribution in [0.25, 0.3) is 0 Å². The van der Waals surface area contributed by atoms with E-state index in [0.29, 0.717) is 17.2 Å². The zero-order valence-electron chi connectivity index (χ0n) is 6.46. The first-order valence-electron chi connectivity index (χ1n) is 3.38. The lowest BCUT2D eigenvalue weighted by Crippen LogP contribution is -2.05. The highest BCUT2D eigenvalue weighted by molar-refractivity contribution is 9.10. The van der Waals surface area contributed by atoms with Gasteiger partial charge in [0.2, 0.25) is 5.06 Å². The molecular formula is C7H8BrNO2S. The van der Waals surface area contributed by atoms with Gasteiger partial charge in [0, 0.05) is 11.8 Å². The van der Waals surface area contributed by atoms with E-state index in [0.717, 1.165) is 4.47 Å². The van der Waals surface area contributed by atoms with Crippen LogP contribution in [0.15, 0.2) is 9.85 Å². The summed E-state index contributed by atoms with van der Waals surface area (Å²) in [6.07, 6.45) is 0.356. The first kappa shape index (κ1) is 9.54. The Morgan fingerprint density at radius 2 is 2.50 bits per heavy atom. The summed E-state index contributed by atoms with van der Waals surface area (Å²) in [6, 6.07) is 0. The third kappa shape index (κ3) is 1.98. The number of thiophene rings is 1. The number of ether oxygens (including phenoxy) is 1. The molecule has 0 aromatic carbocycles. The Morgan fingerprint density at radius 3 is 2.92 bits per heavy atom. The molecule has 1 rings (SSSR count). The van der Waals surface area contributed by atoms with Gasteiger partial charge in [0.15, 0.2) is 0 Å². The van der Waals surface area contributed by atoms with Crippen LogP contribution < -0.4 is 10.5 Å². The van der Waals surface area contributed by atoms with Crippen molar-refractivity contribution in [3.63, 3.8) is 0 Å². The second-order valence-corrected chi connectivity index (χ2v) is 3.81. The summed E-state index contributed by atoms with van der Waals surface area (Å²) in [5.41, 5.74) is 6.08. The van der Waals surface area contributed by atoms with Crippen LogP contribution in [0.4, 0.5) is 5.69 Å². The molecule has 1 aromatic heterocycles. The fourth-order valence-electron chi connectivity index (χ4n) is 0.584. The molecule has 0 saturated carbocycles. The molecule has 0 unspecified atom stereocenters. The lowest BCUT2D eigenvalue weighted by molar-refractivity contribution is -0.133. The molecule has 2 N–H and O–H groups in total. The van der Waals surface area contributed by atoms with Crippen molar-refractivity contribution >= 4 is 38.9 Å². The molecule has 0 atom stereocenters. The van der Waals surface area contributed by atoms with E-state index in [1.54, 1.807) is 12.3 Å². The van der Waals surface area contributed by atoms with Crippen molar-refractivity contribution in [2.75, 3.05) is 5.73 Å². The largest absolute Gasteiger partial charge is 0.413 e. The molecule has 0 saturated heterocycles. The molecule has 1 aromatic rings. The van der Waals surface area contributed by atoms with Crippen LogP contribution in [0.1, 0.15) is 13.3 Å². The molecule has 0 bridgehead atoms. The number of rotatable bonds is 2. The Balaban J connectivity index is 2.76. The second-order valence-electron chi connectivity index (χ2n) is 2.11. The third-order valence-electron chi connectivity index (χ3n) is 1.24. The van der Waals surface area contributed by atoms with Crippen LogP contribution in [0.2, 0.25) is 0 Å². The molecule has 0 fully saturated rings. The smallest absolute Gasteiger partial charge is 0.311 e. The molecule has 0 amide bonds. The monoisotopic (exact) mass is 249 g/mol. The highest BCUT2D eigenvalue weighted by Gasteiger charge is 2.10. The van der Waals surface area contributed by atoms with Gasteiger partial charge in [-0.2, -0.15) is 0 Å². The lowest BCUT2D eigenvalue weighted by atomic mass is 10.5. The summed E-state index contributed by atoms with van der Waals surface area (Å²) < 4.78 is 5.71. The van der Waals surface area contributed by atoms with Gasteiger partial charge in [-0.25, -0.2) is 0 Å². The van der Waals surface area contributed by atoms with Crippen molar-refractivity contribution in [3.05, 3.63) is 9.85 Å². The van der Waals surface area contributed by atoms with E-state index >= 15 is 0 Å². The summed E-state index contributed by atoms with van der Waals surface area (Å²) >= 11 is 4.53. The second kappa shape index (κ2) is 3.91. The minimum absolute atomic E-state index is 0.268. The maximum absolute atomic E-state index is 10.9. The molecule has 66 valence electrons. The van der Waals surface area contributed by atoms with Crippen LogP contribution in [0, 0.1) is 0 Å². The summed E-state index contributed by atoms with van der Waals surface area (Å²) in [7, 11) is 0. The van der Waals surface area contributed by atoms with Crippen LogP contribution in [0.5, 0.6) is 5.06 Å². The van der Waals surface area contributed by atoms with E-state index in [2.05, 4.69) is 15.9 Å². The van der Waals surface area contributed by atoms with Gasteiger partial charge >= 0.3 is 5.97 Å². The van der Waals surface area contributed by atoms with Gasteiger partial charge < -0.3 is 10.5 Å². The SMILES string of the molecule is CCC(=O)Oc1scc(Br)c1N. The molecule has 3 nitrogen and oxygen atoms in total. The van der Waals surface area contributed by atoms with Crippen molar-refractivity contribution in [3.8, 4) is 5.06 Å². The van der Waals surface area contributed by atoms with E-state index in [9.17, 15) is 4.79 Å². The van der Waals surface area contributed by atoms with Crippen molar-refractivity contribution in [1.82, 2.24) is 0 Å². The summed E-state index contributed by atoms with van der Waals surface area (Å²) in [5, 5.41) is 2.25. The zero-order valence-corrected chi connectivity index (χ0v) is 8.87. The molecule has 0 aliphatic rings. The van der Waals surface area contributed by atoms with Crippen molar-refractivity contribution in [1.29, 1.82) is 0 Å². The van der Waals surface area contributed by atoms with E-state index in [-0.39, 0.29) is 5.97 Å².